The van der Waals surface area contributed by atoms with Gasteiger partial charge in [0.05, 0.1) is 49.6 Å². The Kier molecular flexibility index (Phi) is 26.4. The maximum atomic E-state index is 13.6. The average molecular weight is 1230 g/mol. The van der Waals surface area contributed by atoms with E-state index >= 15 is 0 Å². The summed E-state index contributed by atoms with van der Waals surface area (Å²) in [6, 6.07) is 37.4. The number of hydrogen-bond acceptors (Lipinski definition) is 13. The molecule has 22 heteroatoms. The number of benzene rings is 4. The Hall–Kier alpha value is -8.66. The predicted molar refractivity (Wildman–Crippen MR) is 344 cm³/mol. The molecule has 2 amide bonds. The molecule has 89 heavy (non-hydrogen) atoms. The summed E-state index contributed by atoms with van der Waals surface area (Å²) in [6.07, 6.45) is 4.46. The van der Waals surface area contributed by atoms with Gasteiger partial charge in [0.15, 0.2) is 0 Å². The van der Waals surface area contributed by atoms with Crippen LogP contribution < -0.4 is 65.7 Å². The van der Waals surface area contributed by atoms with Gasteiger partial charge in [-0.2, -0.15) is 0 Å². The summed E-state index contributed by atoms with van der Waals surface area (Å²) in [6.45, 7) is 19.0. The molecule has 5 heterocycles. The van der Waals surface area contributed by atoms with E-state index in [1.807, 2.05) is 57.0 Å². The number of nitrogens with zero attached hydrogens (tertiary/aromatic N) is 3. The van der Waals surface area contributed by atoms with E-state index in [9.17, 15) is 28.8 Å². The summed E-state index contributed by atoms with van der Waals surface area (Å²) in [5.74, 6) is -0.391. The Morgan fingerprint density at radius 1 is 0.640 bits per heavy atom. The van der Waals surface area contributed by atoms with Gasteiger partial charge in [-0.15, -0.1) is 0 Å². The molecule has 4 aromatic heterocycles. The van der Waals surface area contributed by atoms with E-state index < -0.39 is 25.6 Å². The summed E-state index contributed by atoms with van der Waals surface area (Å²) < 4.78 is 24.2. The van der Waals surface area contributed by atoms with Crippen LogP contribution in [-0.2, 0) is 48.0 Å². The van der Waals surface area contributed by atoms with Crippen molar-refractivity contribution in [3.63, 3.8) is 0 Å². The molecule has 0 saturated carbocycles. The molecule has 4 unspecified atom stereocenters. The summed E-state index contributed by atoms with van der Waals surface area (Å²) in [5.41, 5.74) is 12.5. The molecule has 0 radical (unpaired) electrons. The fraction of sp³-hybridized carbons (Fsp3) is 0.343. The summed E-state index contributed by atoms with van der Waals surface area (Å²) >= 11 is 0. The SMILES string of the molecule is C=O.CC(=O)O.CC(=O)O[BH2-]OC(C)=O.COc1cc(C)[nH]c(=O)c1CNC(=O)c1c(C)n(C(C)C2CCCc3ccccc32)c2ccccc12.COc1cc(C)[nH]c(=O)c1CNC(=O)c1c(C)n(C(C)C2CCN(C)c3ccccc32)c2ccccc12.[Na+]. The first kappa shape index (κ1) is 71.1. The zero-order chi connectivity index (χ0) is 64.5. The minimum atomic E-state index is -1.27. The molecule has 2 aliphatic rings. The van der Waals surface area contributed by atoms with Crippen molar-refractivity contribution >= 4 is 71.7 Å². The number of pyridine rings is 2. The number of ether oxygens (including phenoxy) is 2. The van der Waals surface area contributed by atoms with Gasteiger partial charge in [0, 0.05) is 109 Å². The van der Waals surface area contributed by atoms with Crippen molar-refractivity contribution in [3.05, 3.63) is 192 Å². The number of anilines is 1. The molecule has 0 bridgehead atoms. The molecular weight excluding hydrogens is 1140 g/mol. The number of aliphatic carboxylic acids is 1. The Labute approximate surface area is 541 Å². The standard InChI is InChI=1S/C30H34N4O3.C30H33N3O3.C4H8BO4.C2H4O2.CH2O.Na/c1-18-16-27(37-5)24(29(35)32-18)17-31-30(36)28-20(3)34(26-13-9-7-11-23(26)28)19(2)21-14-15-33(4)25-12-8-6-10-22(21)25;1-18-16-27(36-4)25(29(34)32-18)17-31-30(35)28-20(3)33(26-15-8-7-13-24(26)28)19(2)22-14-9-11-21-10-5-6-12-23(21)22;1-3(6)8-5-9-4(2)7;1-2(3)4;1-2;/h6-13,16,19,21H,14-15,17H2,1-5H3,(H,31,36)(H,32,35);5-8,10,12-13,15-16,19,22H,9,11,14,17H2,1-4H3,(H,31,35)(H,32,34);5H2,1-2H3;1H3,(H,3,4);1H2;/q;;-1;;;+1. The molecule has 1 aliphatic carbocycles. The minimum Gasteiger partial charge on any atom is -0.661 e. The maximum absolute atomic E-state index is 13.6. The molecule has 8 aromatic rings. The van der Waals surface area contributed by atoms with Crippen LogP contribution in [0.5, 0.6) is 11.5 Å². The van der Waals surface area contributed by atoms with E-state index in [1.54, 1.807) is 26.0 Å². The molecule has 4 aromatic carbocycles. The van der Waals surface area contributed by atoms with Crippen LogP contribution in [0.1, 0.15) is 149 Å². The van der Waals surface area contributed by atoms with Crippen LogP contribution in [0.25, 0.3) is 21.8 Å². The Bertz CT molecular complexity index is 3910. The van der Waals surface area contributed by atoms with Crippen LogP contribution in [-0.4, -0.2) is 96.2 Å². The van der Waals surface area contributed by atoms with Gasteiger partial charge in [0.2, 0.25) is 0 Å². The second kappa shape index (κ2) is 33.1. The molecule has 1 aliphatic heterocycles. The van der Waals surface area contributed by atoms with Crippen molar-refractivity contribution in [2.24, 2.45) is 0 Å². The van der Waals surface area contributed by atoms with Crippen LogP contribution in [0, 0.1) is 27.7 Å². The number of fused-ring (bicyclic) bond motifs is 4. The number of carbonyl (C=O) groups excluding carboxylic acids is 5. The Balaban J connectivity index is 0.000000262. The van der Waals surface area contributed by atoms with Crippen molar-refractivity contribution in [2.45, 2.75) is 125 Å². The number of rotatable bonds is 14. The van der Waals surface area contributed by atoms with Crippen molar-refractivity contribution in [3.8, 4) is 11.5 Å². The first-order valence-electron chi connectivity index (χ1n) is 29.2. The molecule has 0 spiro atoms. The van der Waals surface area contributed by atoms with Crippen molar-refractivity contribution < 1.29 is 82.2 Å². The molecule has 5 N–H and O–H groups in total. The molecule has 0 saturated heterocycles. The van der Waals surface area contributed by atoms with Gasteiger partial charge in [-0.3, -0.25) is 33.6 Å². The largest absolute Gasteiger partial charge is 1.00 e. The molecular formula is C67H81BN7NaO13. The van der Waals surface area contributed by atoms with E-state index in [0.29, 0.717) is 57.0 Å². The van der Waals surface area contributed by atoms with E-state index in [1.165, 1.54) is 56.9 Å². The van der Waals surface area contributed by atoms with Crippen molar-refractivity contribution in [1.82, 2.24) is 29.7 Å². The third-order valence-corrected chi connectivity index (χ3v) is 16.2. The molecule has 466 valence electrons. The number of methoxy groups -OCH3 is 2. The third-order valence-electron chi connectivity index (χ3n) is 16.2. The van der Waals surface area contributed by atoms with Gasteiger partial charge >= 0.3 is 37.2 Å². The van der Waals surface area contributed by atoms with Crippen LogP contribution >= 0.6 is 0 Å². The number of hydrogen-bond donors (Lipinski definition) is 5. The number of amides is 2. The Morgan fingerprint density at radius 2 is 1.04 bits per heavy atom. The zero-order valence-corrected chi connectivity index (χ0v) is 55.5. The number of carboxylic acid groups (broad SMARTS) is 1. The average Bonchev–Trinajstić information content (AvgIpc) is 1.68. The number of carbonyl (C=O) groups is 6. The van der Waals surface area contributed by atoms with Gasteiger partial charge in [-0.05, 0) is 114 Å². The number of carboxylic acids is 1. The van der Waals surface area contributed by atoms with Crippen LogP contribution in [0.3, 0.4) is 0 Å². The third kappa shape index (κ3) is 17.2. The molecule has 10 rings (SSSR count). The summed E-state index contributed by atoms with van der Waals surface area (Å²) in [4.78, 5) is 97.2. The van der Waals surface area contributed by atoms with Gasteiger partial charge in [0.25, 0.3) is 40.8 Å². The molecule has 4 atom stereocenters. The van der Waals surface area contributed by atoms with Gasteiger partial charge in [-0.25, -0.2) is 0 Å². The van der Waals surface area contributed by atoms with Gasteiger partial charge in [-0.1, -0.05) is 78.9 Å². The molecule has 0 fully saturated rings. The predicted octanol–water partition coefficient (Wildman–Crippen LogP) is 6.66. The van der Waals surface area contributed by atoms with E-state index in [2.05, 4.69) is 126 Å². The number of nitrogens with one attached hydrogen (secondary N) is 4. The first-order valence-corrected chi connectivity index (χ1v) is 29.2. The van der Waals surface area contributed by atoms with Gasteiger partial charge in [0.1, 0.15) is 18.3 Å². The normalized spacial score (nSPS) is 14.2. The number of H-pyrrole nitrogens is 2. The second-order valence-corrected chi connectivity index (χ2v) is 21.8. The number of aromatic nitrogens is 4. The van der Waals surface area contributed by atoms with E-state index in [0.717, 1.165) is 65.9 Å². The van der Waals surface area contributed by atoms with Crippen molar-refractivity contribution in [1.29, 1.82) is 0 Å². The number of para-hydroxylation sites is 3. The summed E-state index contributed by atoms with van der Waals surface area (Å²) in [7, 11) is 3.93. The minimum absolute atomic E-state index is 0. The maximum Gasteiger partial charge on any atom is 1.00 e. The van der Waals surface area contributed by atoms with Gasteiger partial charge < -0.3 is 63.3 Å². The topological polar surface area (TPSA) is 262 Å². The number of aromatic amines is 2. The summed E-state index contributed by atoms with van der Waals surface area (Å²) in [5, 5.41) is 15.2. The van der Waals surface area contributed by atoms with E-state index in [4.69, 9.17) is 24.2 Å². The second-order valence-electron chi connectivity index (χ2n) is 21.8. The van der Waals surface area contributed by atoms with Crippen LogP contribution in [0.4, 0.5) is 5.69 Å². The Morgan fingerprint density at radius 3 is 1.49 bits per heavy atom. The first-order chi connectivity index (χ1) is 42.1. The fourth-order valence-electron chi connectivity index (χ4n) is 12.2. The molecule has 20 nitrogen and oxygen atoms in total. The quantitative estimate of drug-likeness (QED) is 0.0714. The fourth-order valence-corrected chi connectivity index (χ4v) is 12.2. The van der Waals surface area contributed by atoms with Crippen molar-refractivity contribution in [2.75, 3.05) is 32.7 Å². The van der Waals surface area contributed by atoms with E-state index in [-0.39, 0.29) is 77.7 Å². The monoisotopic (exact) mass is 1230 g/mol. The van der Waals surface area contributed by atoms with Crippen LogP contribution in [0.2, 0.25) is 0 Å². The van der Waals surface area contributed by atoms with Crippen LogP contribution in [0.15, 0.2) is 119 Å². The smallest absolute Gasteiger partial charge is 0.661 e. The zero-order valence-electron chi connectivity index (χ0n) is 53.5. The number of aryl methyl sites for hydroxylation is 3.